The fraction of sp³-hybridized carbons (Fsp3) is 0.667. The van der Waals surface area contributed by atoms with Gasteiger partial charge in [0.1, 0.15) is 11.5 Å². The second kappa shape index (κ2) is 5.51. The Morgan fingerprint density at radius 1 is 1.35 bits per heavy atom. The van der Waals surface area contributed by atoms with Crippen molar-refractivity contribution in [3.05, 3.63) is 23.8 Å². The number of halogens is 1. The summed E-state index contributed by atoms with van der Waals surface area (Å²) in [4.78, 5) is 8.35. The van der Waals surface area contributed by atoms with E-state index in [1.807, 2.05) is 6.92 Å². The Morgan fingerprint density at radius 3 is 2.65 bits per heavy atom. The molecule has 1 saturated heterocycles. The highest BCUT2D eigenvalue weighted by Crippen LogP contribution is 2.21. The summed E-state index contributed by atoms with van der Waals surface area (Å²) in [6.07, 6.45) is 4.71. The number of nitrogens with zero attached hydrogens (tertiary/aromatic N) is 2. The lowest BCUT2D eigenvalue weighted by Gasteiger charge is -2.30. The second-order valence-corrected chi connectivity index (χ2v) is 4.68. The van der Waals surface area contributed by atoms with E-state index in [-0.39, 0.29) is 0 Å². The predicted molar refractivity (Wildman–Crippen MR) is 64.4 cm³/mol. The molecule has 4 nitrogen and oxygen atoms in total. The van der Waals surface area contributed by atoms with Crippen LogP contribution in [0, 0.1) is 6.92 Å². The zero-order valence-corrected chi connectivity index (χ0v) is 10.2. The smallest absolute Gasteiger partial charge is 0.141 e. The van der Waals surface area contributed by atoms with Crippen molar-refractivity contribution >= 4 is 0 Å². The van der Waals surface area contributed by atoms with Gasteiger partial charge < -0.3 is 10.6 Å². The van der Waals surface area contributed by atoms with Crippen molar-refractivity contribution in [1.82, 2.24) is 20.6 Å². The van der Waals surface area contributed by atoms with Crippen LogP contribution in [0.5, 0.6) is 0 Å². The maximum Gasteiger partial charge on any atom is 0.141 e. The molecule has 0 aliphatic carbocycles. The SMILES string of the molecule is Cc1cnc(CNCC2(F)CCNCC2)nc1. The van der Waals surface area contributed by atoms with E-state index in [4.69, 9.17) is 0 Å². The normalized spacial score (nSPS) is 19.2. The van der Waals surface area contributed by atoms with Crippen molar-refractivity contribution in [3.63, 3.8) is 0 Å². The number of nitrogens with one attached hydrogen (secondary N) is 2. The van der Waals surface area contributed by atoms with Gasteiger partial charge in [-0.15, -0.1) is 0 Å². The summed E-state index contributed by atoms with van der Waals surface area (Å²) < 4.78 is 14.2. The molecule has 1 aromatic rings. The van der Waals surface area contributed by atoms with E-state index in [2.05, 4.69) is 20.6 Å². The van der Waals surface area contributed by atoms with Crippen LogP contribution in [-0.2, 0) is 6.54 Å². The van der Waals surface area contributed by atoms with Crippen LogP contribution >= 0.6 is 0 Å². The van der Waals surface area contributed by atoms with Crippen LogP contribution in [0.25, 0.3) is 0 Å². The lowest BCUT2D eigenvalue weighted by Crippen LogP contribution is -2.45. The minimum absolute atomic E-state index is 0.381. The van der Waals surface area contributed by atoms with Crippen LogP contribution in [0.4, 0.5) is 4.39 Å². The molecular weight excluding hydrogens is 219 g/mol. The molecule has 2 N–H and O–H groups in total. The van der Waals surface area contributed by atoms with E-state index < -0.39 is 5.67 Å². The molecule has 1 fully saturated rings. The summed E-state index contributed by atoms with van der Waals surface area (Å²) in [6, 6.07) is 0. The molecule has 2 rings (SSSR count). The zero-order valence-electron chi connectivity index (χ0n) is 10.2. The summed E-state index contributed by atoms with van der Waals surface area (Å²) in [6.45, 7) is 4.38. The lowest BCUT2D eigenvalue weighted by molar-refractivity contribution is 0.113. The Hall–Kier alpha value is -1.07. The maximum absolute atomic E-state index is 14.2. The molecule has 0 radical (unpaired) electrons. The third-order valence-corrected chi connectivity index (χ3v) is 3.06. The largest absolute Gasteiger partial charge is 0.316 e. The summed E-state index contributed by atoms with van der Waals surface area (Å²) in [5, 5.41) is 6.27. The van der Waals surface area contributed by atoms with Crippen molar-refractivity contribution < 1.29 is 4.39 Å². The zero-order chi connectivity index (χ0) is 12.1. The van der Waals surface area contributed by atoms with Gasteiger partial charge in [0.05, 0.1) is 6.54 Å². The first kappa shape index (κ1) is 12.4. The second-order valence-electron chi connectivity index (χ2n) is 4.68. The molecule has 0 amide bonds. The number of aromatic nitrogens is 2. The van der Waals surface area contributed by atoms with Gasteiger partial charge in [0.25, 0.3) is 0 Å². The molecule has 0 bridgehead atoms. The van der Waals surface area contributed by atoms with Crippen molar-refractivity contribution in [3.8, 4) is 0 Å². The summed E-state index contributed by atoms with van der Waals surface area (Å²) >= 11 is 0. The van der Waals surface area contributed by atoms with Crippen LogP contribution in [0.1, 0.15) is 24.2 Å². The van der Waals surface area contributed by atoms with Crippen molar-refractivity contribution in [2.45, 2.75) is 32.0 Å². The average Bonchev–Trinajstić information content (AvgIpc) is 2.32. The van der Waals surface area contributed by atoms with Gasteiger partial charge in [-0.2, -0.15) is 0 Å². The fourth-order valence-corrected chi connectivity index (χ4v) is 1.96. The first-order valence-corrected chi connectivity index (χ1v) is 6.06. The average molecular weight is 238 g/mol. The fourth-order valence-electron chi connectivity index (χ4n) is 1.96. The minimum Gasteiger partial charge on any atom is -0.316 e. The molecule has 0 saturated carbocycles. The van der Waals surface area contributed by atoms with Crippen molar-refractivity contribution in [2.75, 3.05) is 19.6 Å². The summed E-state index contributed by atoms with van der Waals surface area (Å²) in [5.74, 6) is 0.716. The van der Waals surface area contributed by atoms with Gasteiger partial charge in [-0.3, -0.25) is 0 Å². The third-order valence-electron chi connectivity index (χ3n) is 3.06. The van der Waals surface area contributed by atoms with E-state index in [1.54, 1.807) is 12.4 Å². The molecule has 0 atom stereocenters. The van der Waals surface area contributed by atoms with Gasteiger partial charge in [0.2, 0.25) is 0 Å². The van der Waals surface area contributed by atoms with E-state index in [1.165, 1.54) is 0 Å². The van der Waals surface area contributed by atoms with Crippen molar-refractivity contribution in [1.29, 1.82) is 0 Å². The Bertz CT molecular complexity index is 346. The minimum atomic E-state index is -1.07. The van der Waals surface area contributed by atoms with E-state index >= 15 is 0 Å². The summed E-state index contributed by atoms with van der Waals surface area (Å²) in [7, 11) is 0. The molecule has 1 aliphatic heterocycles. The summed E-state index contributed by atoms with van der Waals surface area (Å²) in [5.41, 5.74) is -0.0373. The standard InChI is InChI=1S/C12H19FN4/c1-10-6-16-11(17-7-10)8-15-9-12(13)2-4-14-5-3-12/h6-7,14-15H,2-5,8-9H2,1H3. The van der Waals surface area contributed by atoms with Crippen LogP contribution in [0.2, 0.25) is 0 Å². The molecule has 0 unspecified atom stereocenters. The Labute approximate surface area is 101 Å². The molecule has 1 aliphatic rings. The van der Waals surface area contributed by atoms with Crippen molar-refractivity contribution in [2.24, 2.45) is 0 Å². The quantitative estimate of drug-likeness (QED) is 0.820. The monoisotopic (exact) mass is 238 g/mol. The Balaban J connectivity index is 1.77. The van der Waals surface area contributed by atoms with Gasteiger partial charge in [-0.1, -0.05) is 0 Å². The number of hydrogen-bond donors (Lipinski definition) is 2. The molecule has 0 aromatic carbocycles. The van der Waals surface area contributed by atoms with Crippen LogP contribution in [0.3, 0.4) is 0 Å². The Kier molecular flexibility index (Phi) is 4.02. The number of rotatable bonds is 4. The van der Waals surface area contributed by atoms with Crippen LogP contribution < -0.4 is 10.6 Å². The Morgan fingerprint density at radius 2 is 2.00 bits per heavy atom. The number of aryl methyl sites for hydroxylation is 1. The van der Waals surface area contributed by atoms with Gasteiger partial charge in [0, 0.05) is 18.9 Å². The molecular formula is C12H19FN4. The number of hydrogen-bond acceptors (Lipinski definition) is 4. The topological polar surface area (TPSA) is 49.8 Å². The third kappa shape index (κ3) is 3.71. The van der Waals surface area contributed by atoms with E-state index in [9.17, 15) is 4.39 Å². The number of piperidine rings is 1. The molecule has 1 aromatic heterocycles. The number of alkyl halides is 1. The lowest BCUT2D eigenvalue weighted by atomic mass is 9.94. The van der Waals surface area contributed by atoms with E-state index in [0.29, 0.717) is 31.8 Å². The highest BCUT2D eigenvalue weighted by molar-refractivity contribution is 5.01. The van der Waals surface area contributed by atoms with Gasteiger partial charge >= 0.3 is 0 Å². The highest BCUT2D eigenvalue weighted by atomic mass is 19.1. The first-order chi connectivity index (χ1) is 8.18. The van der Waals surface area contributed by atoms with Gasteiger partial charge in [-0.05, 0) is 38.4 Å². The maximum atomic E-state index is 14.2. The highest BCUT2D eigenvalue weighted by Gasteiger charge is 2.30. The first-order valence-electron chi connectivity index (χ1n) is 6.06. The van der Waals surface area contributed by atoms with Gasteiger partial charge in [-0.25, -0.2) is 14.4 Å². The van der Waals surface area contributed by atoms with E-state index in [0.717, 1.165) is 18.7 Å². The molecule has 17 heavy (non-hydrogen) atoms. The van der Waals surface area contributed by atoms with Crippen LogP contribution in [-0.4, -0.2) is 35.3 Å². The van der Waals surface area contributed by atoms with Gasteiger partial charge in [0.15, 0.2) is 0 Å². The molecule has 2 heterocycles. The molecule has 5 heteroatoms. The molecule has 0 spiro atoms. The van der Waals surface area contributed by atoms with Crippen LogP contribution in [0.15, 0.2) is 12.4 Å². The predicted octanol–water partition coefficient (Wildman–Crippen LogP) is 0.966. The molecule has 94 valence electrons.